The average Bonchev–Trinajstić information content (AvgIpc) is 2.93. The van der Waals surface area contributed by atoms with Crippen LogP contribution in [0.5, 0.6) is 0 Å². The molecule has 0 saturated heterocycles. The summed E-state index contributed by atoms with van der Waals surface area (Å²) in [5.74, 6) is -1.01. The predicted molar refractivity (Wildman–Crippen MR) is 80.7 cm³/mol. The lowest BCUT2D eigenvalue weighted by Gasteiger charge is -2.10. The third-order valence-corrected chi connectivity index (χ3v) is 4.70. The lowest BCUT2D eigenvalue weighted by molar-refractivity contribution is 0.198. The van der Waals surface area contributed by atoms with E-state index in [0.29, 0.717) is 9.47 Å². The van der Waals surface area contributed by atoms with Crippen LogP contribution in [0.1, 0.15) is 25.0 Å². The van der Waals surface area contributed by atoms with Gasteiger partial charge in [-0.05, 0) is 24.6 Å². The Labute approximate surface area is 129 Å². The summed E-state index contributed by atoms with van der Waals surface area (Å²) >= 11 is 2.63. The number of aromatic nitrogens is 2. The monoisotopic (exact) mass is 331 g/mol. The van der Waals surface area contributed by atoms with Gasteiger partial charge in [-0.1, -0.05) is 30.0 Å². The number of halogens is 2. The molecule has 2 aromatic rings. The van der Waals surface area contributed by atoms with Crippen LogP contribution < -0.4 is 5.32 Å². The number of rotatable bonds is 7. The maximum Gasteiger partial charge on any atom is 0.206 e. The third kappa shape index (κ3) is 4.62. The highest BCUT2D eigenvalue weighted by molar-refractivity contribution is 8.01. The van der Waals surface area contributed by atoms with Gasteiger partial charge >= 0.3 is 0 Å². The first kappa shape index (κ1) is 16.1. The van der Waals surface area contributed by atoms with Gasteiger partial charge in [0.2, 0.25) is 5.13 Å². The van der Waals surface area contributed by atoms with E-state index in [2.05, 4.69) is 15.5 Å². The van der Waals surface area contributed by atoms with Gasteiger partial charge in [0.25, 0.3) is 0 Å². The Bertz CT molecular complexity index is 595. The summed E-state index contributed by atoms with van der Waals surface area (Å²) in [5, 5.41) is 21.7. The molecule has 0 amide bonds. The standard InChI is InChI=1S/C13H15F2N3OS2/c1-2-5-16-12-17-18-13(21-12)20-7-11(19)9-6-8(14)3-4-10(9)15/h3-4,6,11,19H,2,5,7H2,1H3,(H,16,17). The maximum absolute atomic E-state index is 13.5. The van der Waals surface area contributed by atoms with Crippen LogP contribution >= 0.6 is 23.1 Å². The van der Waals surface area contributed by atoms with Crippen LogP contribution in [0.2, 0.25) is 0 Å². The number of nitrogens with one attached hydrogen (secondary N) is 1. The summed E-state index contributed by atoms with van der Waals surface area (Å²) in [5.41, 5.74) is -0.0450. The van der Waals surface area contributed by atoms with E-state index in [9.17, 15) is 13.9 Å². The number of thioether (sulfide) groups is 1. The van der Waals surface area contributed by atoms with E-state index >= 15 is 0 Å². The molecule has 1 atom stereocenters. The van der Waals surface area contributed by atoms with Crippen LogP contribution in [0, 0.1) is 11.6 Å². The van der Waals surface area contributed by atoms with E-state index in [-0.39, 0.29) is 11.3 Å². The first-order valence-corrected chi connectivity index (χ1v) is 8.23. The average molecular weight is 331 g/mol. The summed E-state index contributed by atoms with van der Waals surface area (Å²) in [7, 11) is 0. The topological polar surface area (TPSA) is 58.0 Å². The molecular formula is C13H15F2N3OS2. The molecule has 1 heterocycles. The minimum Gasteiger partial charge on any atom is -0.387 e. The van der Waals surface area contributed by atoms with Gasteiger partial charge in [0.15, 0.2) is 4.34 Å². The Kier molecular flexibility index (Phi) is 5.89. The Balaban J connectivity index is 1.93. The number of hydrogen-bond acceptors (Lipinski definition) is 6. The Morgan fingerprint density at radius 3 is 2.95 bits per heavy atom. The molecule has 114 valence electrons. The number of aliphatic hydroxyl groups is 1. The fourth-order valence-corrected chi connectivity index (χ4v) is 3.34. The van der Waals surface area contributed by atoms with Crippen LogP contribution in [0.3, 0.4) is 0 Å². The minimum atomic E-state index is -1.10. The van der Waals surface area contributed by atoms with Crippen molar-refractivity contribution in [1.82, 2.24) is 10.2 Å². The predicted octanol–water partition coefficient (Wildman–Crippen LogP) is 3.46. The summed E-state index contributed by atoms with van der Waals surface area (Å²) < 4.78 is 27.3. The van der Waals surface area contributed by atoms with Crippen molar-refractivity contribution in [1.29, 1.82) is 0 Å². The van der Waals surface area contributed by atoms with E-state index in [1.54, 1.807) is 0 Å². The highest BCUT2D eigenvalue weighted by Crippen LogP contribution is 2.30. The normalized spacial score (nSPS) is 12.4. The summed E-state index contributed by atoms with van der Waals surface area (Å²) in [6, 6.07) is 3.04. The van der Waals surface area contributed by atoms with E-state index in [0.717, 1.165) is 31.2 Å². The summed E-state index contributed by atoms with van der Waals surface area (Å²) in [6.07, 6.45) is -0.110. The largest absolute Gasteiger partial charge is 0.387 e. The molecule has 0 aliphatic rings. The van der Waals surface area contributed by atoms with Gasteiger partial charge in [0.1, 0.15) is 11.6 Å². The number of hydrogen-bond donors (Lipinski definition) is 2. The second-order valence-corrected chi connectivity index (χ2v) is 6.54. The van der Waals surface area contributed by atoms with E-state index < -0.39 is 17.7 Å². The Morgan fingerprint density at radius 1 is 1.38 bits per heavy atom. The van der Waals surface area contributed by atoms with E-state index in [1.807, 2.05) is 6.92 Å². The molecule has 21 heavy (non-hydrogen) atoms. The lowest BCUT2D eigenvalue weighted by Crippen LogP contribution is -2.04. The van der Waals surface area contributed by atoms with Crippen molar-refractivity contribution >= 4 is 28.2 Å². The van der Waals surface area contributed by atoms with Crippen LogP contribution in [0.25, 0.3) is 0 Å². The molecule has 1 unspecified atom stereocenters. The third-order valence-electron chi connectivity index (χ3n) is 2.61. The van der Waals surface area contributed by atoms with Crippen molar-refractivity contribution in [2.75, 3.05) is 17.6 Å². The molecule has 0 spiro atoms. The van der Waals surface area contributed by atoms with Crippen LogP contribution in [0.4, 0.5) is 13.9 Å². The first-order chi connectivity index (χ1) is 10.1. The number of aliphatic hydroxyl groups excluding tert-OH is 1. The summed E-state index contributed by atoms with van der Waals surface area (Å²) in [4.78, 5) is 0. The maximum atomic E-state index is 13.5. The Morgan fingerprint density at radius 2 is 2.19 bits per heavy atom. The van der Waals surface area contributed by atoms with Gasteiger partial charge in [-0.15, -0.1) is 10.2 Å². The van der Waals surface area contributed by atoms with Gasteiger partial charge < -0.3 is 10.4 Å². The molecule has 0 aliphatic heterocycles. The number of nitrogens with zero attached hydrogens (tertiary/aromatic N) is 2. The second-order valence-electron chi connectivity index (χ2n) is 4.29. The van der Waals surface area contributed by atoms with Crippen LogP contribution in [-0.2, 0) is 0 Å². The highest BCUT2D eigenvalue weighted by atomic mass is 32.2. The van der Waals surface area contributed by atoms with Crippen molar-refractivity contribution in [2.45, 2.75) is 23.8 Å². The molecule has 0 radical (unpaired) electrons. The fourth-order valence-electron chi connectivity index (χ4n) is 1.58. The Hall–Kier alpha value is -1.25. The molecule has 0 saturated carbocycles. The number of benzene rings is 1. The molecule has 2 N–H and O–H groups in total. The molecule has 8 heteroatoms. The molecule has 4 nitrogen and oxygen atoms in total. The van der Waals surface area contributed by atoms with Crippen molar-refractivity contribution in [3.63, 3.8) is 0 Å². The molecule has 2 rings (SSSR count). The lowest BCUT2D eigenvalue weighted by atomic mass is 10.1. The second kappa shape index (κ2) is 7.67. The zero-order chi connectivity index (χ0) is 15.2. The molecule has 1 aromatic carbocycles. The van der Waals surface area contributed by atoms with Crippen molar-refractivity contribution in [3.05, 3.63) is 35.4 Å². The smallest absolute Gasteiger partial charge is 0.206 e. The zero-order valence-corrected chi connectivity index (χ0v) is 13.0. The SMILES string of the molecule is CCCNc1nnc(SCC(O)c2cc(F)ccc2F)s1. The van der Waals surface area contributed by atoms with Gasteiger partial charge in [0.05, 0.1) is 6.10 Å². The van der Waals surface area contributed by atoms with Crippen molar-refractivity contribution < 1.29 is 13.9 Å². The van der Waals surface area contributed by atoms with Gasteiger partial charge in [-0.25, -0.2) is 8.78 Å². The quantitative estimate of drug-likeness (QED) is 0.761. The zero-order valence-electron chi connectivity index (χ0n) is 11.3. The van der Waals surface area contributed by atoms with Crippen LogP contribution in [-0.4, -0.2) is 27.6 Å². The summed E-state index contributed by atoms with van der Waals surface area (Å²) in [6.45, 7) is 2.87. The molecular weight excluding hydrogens is 316 g/mol. The first-order valence-electron chi connectivity index (χ1n) is 6.43. The van der Waals surface area contributed by atoms with Crippen molar-refractivity contribution in [2.24, 2.45) is 0 Å². The van der Waals surface area contributed by atoms with Gasteiger partial charge in [-0.2, -0.15) is 0 Å². The van der Waals surface area contributed by atoms with Crippen LogP contribution in [0.15, 0.2) is 22.5 Å². The van der Waals surface area contributed by atoms with Gasteiger partial charge in [-0.3, -0.25) is 0 Å². The number of anilines is 1. The van der Waals surface area contributed by atoms with E-state index in [1.165, 1.54) is 23.1 Å². The molecule has 0 bridgehead atoms. The van der Waals surface area contributed by atoms with E-state index in [4.69, 9.17) is 0 Å². The fraction of sp³-hybridized carbons (Fsp3) is 0.385. The highest BCUT2D eigenvalue weighted by Gasteiger charge is 2.15. The van der Waals surface area contributed by atoms with Gasteiger partial charge in [0, 0.05) is 17.9 Å². The molecule has 0 fully saturated rings. The molecule has 1 aromatic heterocycles. The minimum absolute atomic E-state index is 0.0450. The molecule has 0 aliphatic carbocycles. The van der Waals surface area contributed by atoms with Crippen molar-refractivity contribution in [3.8, 4) is 0 Å².